The van der Waals surface area contributed by atoms with Gasteiger partial charge in [0.1, 0.15) is 17.7 Å². The molecular weight excluding hydrogens is 625 g/mol. The normalized spacial score (nSPS) is 25.6. The standard InChI is InChI=1S/C27H33ClN6O4.C7H12FN/c1-33(2)25(36)22(29)10-16-14-34(9-5-8-30-16)24-19-15-38-27(13-23(19)31-26(32-24)37-3)7-4-6-18-20(27)11-17(35)12-21(18)28;8-6-4-7-2-1-3-9(7)5-6/h10-12,35H,4-9,13-15,29H2,1-3H3;6-7H,1-5H2/b22-10-;. The number of nitrogens with zero attached hydrogens (tertiary/aromatic N) is 6. The maximum Gasteiger partial charge on any atom is 0.318 e. The molecule has 1 aliphatic carbocycles. The van der Waals surface area contributed by atoms with Crippen LogP contribution in [0.1, 0.15) is 60.9 Å². The van der Waals surface area contributed by atoms with Crippen molar-refractivity contribution in [1.82, 2.24) is 19.8 Å². The van der Waals surface area contributed by atoms with E-state index in [0.29, 0.717) is 56.0 Å². The summed E-state index contributed by atoms with van der Waals surface area (Å²) in [5, 5.41) is 10.9. The number of hydrogen-bond donors (Lipinski definition) is 2. The van der Waals surface area contributed by atoms with E-state index in [0.717, 1.165) is 66.9 Å². The molecule has 1 aromatic carbocycles. The quantitative estimate of drug-likeness (QED) is 0.466. The highest BCUT2D eigenvalue weighted by Gasteiger charge is 2.44. The third kappa shape index (κ3) is 7.05. The first-order valence-electron chi connectivity index (χ1n) is 16.5. The summed E-state index contributed by atoms with van der Waals surface area (Å²) in [4.78, 5) is 32.3. The second kappa shape index (κ2) is 13.9. The Kier molecular flexibility index (Phi) is 9.91. The number of methoxy groups -OCH3 is 1. The van der Waals surface area contributed by atoms with Crippen LogP contribution in [-0.2, 0) is 34.6 Å². The minimum Gasteiger partial charge on any atom is -0.508 e. The average molecular weight is 670 g/mol. The number of benzene rings is 1. The molecule has 254 valence electrons. The van der Waals surface area contributed by atoms with Crippen molar-refractivity contribution in [2.75, 3.05) is 58.8 Å². The van der Waals surface area contributed by atoms with E-state index in [1.807, 2.05) is 0 Å². The van der Waals surface area contributed by atoms with E-state index < -0.39 is 11.8 Å². The lowest BCUT2D eigenvalue weighted by molar-refractivity contribution is -0.124. The molecule has 7 rings (SSSR count). The highest BCUT2D eigenvalue weighted by molar-refractivity contribution is 6.31. The van der Waals surface area contributed by atoms with Gasteiger partial charge in [-0.15, -0.1) is 0 Å². The molecule has 3 unspecified atom stereocenters. The third-order valence-electron chi connectivity index (χ3n) is 9.85. The fourth-order valence-electron chi connectivity index (χ4n) is 7.58. The van der Waals surface area contributed by atoms with Crippen molar-refractivity contribution < 1.29 is 23.8 Å². The average Bonchev–Trinajstić information content (AvgIpc) is 3.54. The summed E-state index contributed by atoms with van der Waals surface area (Å²) in [5.74, 6) is 0.594. The second-order valence-electron chi connectivity index (χ2n) is 13.3. The molecule has 47 heavy (non-hydrogen) atoms. The Morgan fingerprint density at radius 3 is 2.83 bits per heavy atom. The molecule has 1 spiro atoms. The Balaban J connectivity index is 0.000000366. The lowest BCUT2D eigenvalue weighted by Gasteiger charge is -2.43. The second-order valence-corrected chi connectivity index (χ2v) is 13.7. The topological polar surface area (TPSA) is 130 Å². The fourth-order valence-corrected chi connectivity index (χ4v) is 7.89. The Morgan fingerprint density at radius 2 is 2.06 bits per heavy atom. The summed E-state index contributed by atoms with van der Waals surface area (Å²) in [6.45, 7) is 3.94. The van der Waals surface area contributed by atoms with Crippen LogP contribution in [-0.4, -0.2) is 103 Å². The number of fused-ring (bicyclic) bond motifs is 4. The molecule has 5 heterocycles. The summed E-state index contributed by atoms with van der Waals surface area (Å²) in [5.41, 5.74) is 9.97. The van der Waals surface area contributed by atoms with E-state index in [1.165, 1.54) is 17.7 Å². The monoisotopic (exact) mass is 669 g/mol. The van der Waals surface area contributed by atoms with Crippen molar-refractivity contribution in [2.45, 2.75) is 75.8 Å². The minimum absolute atomic E-state index is 0.127. The highest BCUT2D eigenvalue weighted by atomic mass is 35.5. The number of rotatable bonds is 4. The predicted octanol–water partition coefficient (Wildman–Crippen LogP) is 3.92. The van der Waals surface area contributed by atoms with E-state index in [1.54, 1.807) is 39.4 Å². The fraction of sp³-hybridized carbons (Fsp3) is 0.588. The first-order valence-corrected chi connectivity index (χ1v) is 16.9. The summed E-state index contributed by atoms with van der Waals surface area (Å²) in [6.07, 6.45) is 8.35. The van der Waals surface area contributed by atoms with Crippen LogP contribution in [0.15, 0.2) is 28.9 Å². The molecule has 11 nitrogen and oxygen atoms in total. The van der Waals surface area contributed by atoms with Crippen LogP contribution in [0.3, 0.4) is 0 Å². The smallest absolute Gasteiger partial charge is 0.318 e. The summed E-state index contributed by atoms with van der Waals surface area (Å²) < 4.78 is 24.7. The minimum atomic E-state index is -0.630. The van der Waals surface area contributed by atoms with Crippen molar-refractivity contribution in [2.24, 2.45) is 10.7 Å². The largest absolute Gasteiger partial charge is 0.508 e. The number of aromatic nitrogens is 2. The molecule has 2 fully saturated rings. The van der Waals surface area contributed by atoms with Crippen molar-refractivity contribution >= 4 is 29.0 Å². The van der Waals surface area contributed by atoms with Crippen LogP contribution in [0.5, 0.6) is 11.8 Å². The summed E-state index contributed by atoms with van der Waals surface area (Å²) >= 11 is 6.51. The third-order valence-corrected chi connectivity index (χ3v) is 10.2. The van der Waals surface area contributed by atoms with Gasteiger partial charge < -0.3 is 30.1 Å². The number of carbonyl (C=O) groups is 1. The Morgan fingerprint density at radius 1 is 1.23 bits per heavy atom. The van der Waals surface area contributed by atoms with Gasteiger partial charge in [-0.3, -0.25) is 14.7 Å². The Labute approximate surface area is 280 Å². The van der Waals surface area contributed by atoms with Crippen LogP contribution in [0.4, 0.5) is 10.2 Å². The number of phenols is 1. The number of phenolic OH excluding ortho intramolecular Hbond substituents is 1. The molecule has 0 saturated carbocycles. The number of aromatic hydroxyl groups is 1. The molecule has 0 bridgehead atoms. The number of alkyl halides is 1. The van der Waals surface area contributed by atoms with Gasteiger partial charge >= 0.3 is 6.01 Å². The number of aliphatic imine (C=N–C) groups is 1. The van der Waals surface area contributed by atoms with E-state index >= 15 is 0 Å². The maximum absolute atomic E-state index is 12.6. The Bertz CT molecular complexity index is 1560. The molecule has 2 aromatic rings. The molecule has 3 N–H and O–H groups in total. The van der Waals surface area contributed by atoms with E-state index in [4.69, 9.17) is 36.8 Å². The molecule has 3 atom stereocenters. The zero-order valence-electron chi connectivity index (χ0n) is 27.5. The van der Waals surface area contributed by atoms with Crippen LogP contribution in [0.25, 0.3) is 0 Å². The lowest BCUT2D eigenvalue weighted by Crippen LogP contribution is -2.41. The number of hydrogen-bond acceptors (Lipinski definition) is 10. The van der Waals surface area contributed by atoms with Crippen LogP contribution in [0.2, 0.25) is 5.02 Å². The van der Waals surface area contributed by atoms with Gasteiger partial charge in [-0.25, -0.2) is 4.39 Å². The van der Waals surface area contributed by atoms with Gasteiger partial charge in [0, 0.05) is 56.8 Å². The van der Waals surface area contributed by atoms with Crippen molar-refractivity contribution in [3.05, 3.63) is 51.3 Å². The summed E-state index contributed by atoms with van der Waals surface area (Å²) in [7, 11) is 4.88. The molecule has 4 aliphatic heterocycles. The number of nitrogens with two attached hydrogens (primary N) is 1. The van der Waals surface area contributed by atoms with E-state index in [-0.39, 0.29) is 23.4 Å². The molecule has 2 saturated heterocycles. The van der Waals surface area contributed by atoms with Crippen LogP contribution < -0.4 is 15.4 Å². The van der Waals surface area contributed by atoms with E-state index in [2.05, 4.69) is 14.8 Å². The number of amides is 1. The van der Waals surface area contributed by atoms with Gasteiger partial charge in [-0.05, 0) is 80.8 Å². The van der Waals surface area contributed by atoms with Gasteiger partial charge in [0.25, 0.3) is 5.91 Å². The number of halogens is 2. The zero-order chi connectivity index (χ0) is 33.3. The number of likely N-dealkylation sites (N-methyl/N-ethyl adjacent to an activating group) is 1. The van der Waals surface area contributed by atoms with Crippen molar-refractivity contribution in [3.8, 4) is 11.8 Å². The van der Waals surface area contributed by atoms with Crippen LogP contribution >= 0.6 is 11.6 Å². The number of ether oxygens (including phenoxy) is 2. The zero-order valence-corrected chi connectivity index (χ0v) is 28.2. The molecule has 1 aromatic heterocycles. The van der Waals surface area contributed by atoms with Gasteiger partial charge in [-0.2, -0.15) is 9.97 Å². The molecular formula is C34H45ClFN7O4. The van der Waals surface area contributed by atoms with Crippen molar-refractivity contribution in [3.63, 3.8) is 0 Å². The molecule has 13 heteroatoms. The van der Waals surface area contributed by atoms with Crippen molar-refractivity contribution in [1.29, 1.82) is 0 Å². The molecule has 1 amide bonds. The Hall–Kier alpha value is -3.48. The highest BCUT2D eigenvalue weighted by Crippen LogP contribution is 2.48. The first-order chi connectivity index (χ1) is 22.6. The summed E-state index contributed by atoms with van der Waals surface area (Å²) in [6, 6.07) is 4.25. The predicted molar refractivity (Wildman–Crippen MR) is 179 cm³/mol. The number of carbonyl (C=O) groups excluding carboxylic acids is 1. The number of anilines is 1. The molecule has 0 radical (unpaired) electrons. The van der Waals surface area contributed by atoms with Gasteiger partial charge in [0.2, 0.25) is 0 Å². The lowest BCUT2D eigenvalue weighted by atomic mass is 9.74. The first kappa shape index (κ1) is 33.4. The van der Waals surface area contributed by atoms with Crippen LogP contribution in [0, 0.1) is 0 Å². The SMILES string of the molecule is COc1nc2c(c(N3CCCN=C(/C=C(\N)C(=O)N(C)C)C3)n1)COC1(CCCc3c(Cl)cc(O)cc31)C2.FC1CC2CCCN2C1. The van der Waals surface area contributed by atoms with Gasteiger partial charge in [-0.1, -0.05) is 11.6 Å². The van der Waals surface area contributed by atoms with Gasteiger partial charge in [0.05, 0.1) is 43.0 Å². The van der Waals surface area contributed by atoms with E-state index in [9.17, 15) is 14.3 Å². The maximum atomic E-state index is 12.6. The van der Waals surface area contributed by atoms with Gasteiger partial charge in [0.15, 0.2) is 0 Å². The molecule has 5 aliphatic rings.